The zero-order valence-corrected chi connectivity index (χ0v) is 13.5. The van der Waals surface area contributed by atoms with Gasteiger partial charge in [0.25, 0.3) is 0 Å². The Morgan fingerprint density at radius 2 is 2.26 bits per heavy atom. The van der Waals surface area contributed by atoms with Gasteiger partial charge < -0.3 is 14.9 Å². The van der Waals surface area contributed by atoms with Gasteiger partial charge in [-0.25, -0.2) is 0 Å². The molecule has 124 valence electrons. The Morgan fingerprint density at radius 3 is 2.96 bits per heavy atom. The third-order valence-corrected chi connectivity index (χ3v) is 5.09. The zero-order valence-electron chi connectivity index (χ0n) is 12.7. The van der Waals surface area contributed by atoms with Gasteiger partial charge in [0.2, 0.25) is 0 Å². The minimum atomic E-state index is -0.426. The highest BCUT2D eigenvalue weighted by Crippen LogP contribution is 2.35. The molecular formula is C15H20ClN5O2. The predicted octanol–water partition coefficient (Wildman–Crippen LogP) is 2.44. The summed E-state index contributed by atoms with van der Waals surface area (Å²) in [5.41, 5.74) is 0. The number of hydrogen-bond donors (Lipinski definition) is 2. The summed E-state index contributed by atoms with van der Waals surface area (Å²) in [6, 6.07) is 0.347. The normalized spacial score (nSPS) is 28.0. The van der Waals surface area contributed by atoms with Crippen molar-refractivity contribution in [3.8, 4) is 0 Å². The van der Waals surface area contributed by atoms with E-state index in [0.29, 0.717) is 22.9 Å². The molecule has 2 saturated carbocycles. The van der Waals surface area contributed by atoms with Crippen LogP contribution in [0.15, 0.2) is 16.9 Å². The van der Waals surface area contributed by atoms with Gasteiger partial charge in [-0.05, 0) is 31.6 Å². The first-order valence-electron chi connectivity index (χ1n) is 8.13. The number of halogens is 1. The maximum atomic E-state index is 10.3. The monoisotopic (exact) mass is 337 g/mol. The molecule has 0 amide bonds. The molecule has 2 aliphatic carbocycles. The van der Waals surface area contributed by atoms with E-state index in [0.717, 1.165) is 38.1 Å². The van der Waals surface area contributed by atoms with Gasteiger partial charge in [0, 0.05) is 18.7 Å². The zero-order chi connectivity index (χ0) is 15.8. The van der Waals surface area contributed by atoms with Crippen LogP contribution in [0.4, 0.5) is 6.01 Å². The lowest BCUT2D eigenvalue weighted by Gasteiger charge is -2.21. The van der Waals surface area contributed by atoms with Crippen molar-refractivity contribution in [1.82, 2.24) is 19.9 Å². The van der Waals surface area contributed by atoms with E-state index in [4.69, 9.17) is 16.1 Å². The summed E-state index contributed by atoms with van der Waals surface area (Å²) in [5.74, 6) is 1.57. The Morgan fingerprint density at radius 1 is 1.39 bits per heavy atom. The van der Waals surface area contributed by atoms with Crippen LogP contribution in [0.2, 0.25) is 5.02 Å². The van der Waals surface area contributed by atoms with Crippen molar-refractivity contribution >= 4 is 17.6 Å². The standard InChI is InChI=1S/C15H20ClN5O2/c16-11-6-17-21(8-11)7-9-4-12(13(22)5-9)18-15-19-14(20-23-15)10-2-1-3-10/h6,8-10,12-13,22H,1-5,7H2,(H,18,19,20)/t9?,12-,13-/m1/s1. The van der Waals surface area contributed by atoms with Crippen molar-refractivity contribution in [2.75, 3.05) is 5.32 Å². The van der Waals surface area contributed by atoms with Crippen LogP contribution in [0.5, 0.6) is 0 Å². The molecule has 0 saturated heterocycles. The Balaban J connectivity index is 1.34. The van der Waals surface area contributed by atoms with Gasteiger partial charge in [-0.3, -0.25) is 4.68 Å². The number of aliphatic hydroxyl groups excluding tert-OH is 1. The highest BCUT2D eigenvalue weighted by molar-refractivity contribution is 6.30. The highest BCUT2D eigenvalue weighted by atomic mass is 35.5. The Bertz CT molecular complexity index is 668. The molecule has 8 heteroatoms. The lowest BCUT2D eigenvalue weighted by Crippen LogP contribution is -2.28. The summed E-state index contributed by atoms with van der Waals surface area (Å²) in [6.07, 6.45) is 8.07. The Labute approximate surface area is 139 Å². The second-order valence-corrected chi connectivity index (χ2v) is 7.06. The second-order valence-electron chi connectivity index (χ2n) is 6.62. The fraction of sp³-hybridized carbons (Fsp3) is 0.667. The number of nitrogens with one attached hydrogen (secondary N) is 1. The van der Waals surface area contributed by atoms with Gasteiger partial charge >= 0.3 is 6.01 Å². The molecule has 2 N–H and O–H groups in total. The van der Waals surface area contributed by atoms with E-state index < -0.39 is 6.10 Å². The lowest BCUT2D eigenvalue weighted by molar-refractivity contribution is 0.164. The molecule has 23 heavy (non-hydrogen) atoms. The summed E-state index contributed by atoms with van der Waals surface area (Å²) >= 11 is 5.88. The van der Waals surface area contributed by atoms with Crippen LogP contribution in [0, 0.1) is 5.92 Å². The SMILES string of the molecule is O[C@@H]1CC(Cn2cc(Cl)cn2)C[C@H]1Nc1nc(C2CCC2)no1. The van der Waals surface area contributed by atoms with Crippen LogP contribution in [-0.2, 0) is 6.54 Å². The topological polar surface area (TPSA) is 89.0 Å². The quantitative estimate of drug-likeness (QED) is 0.871. The molecule has 1 unspecified atom stereocenters. The lowest BCUT2D eigenvalue weighted by atomic mass is 9.85. The number of nitrogens with zero attached hydrogens (tertiary/aromatic N) is 4. The van der Waals surface area contributed by atoms with Crippen LogP contribution < -0.4 is 5.32 Å². The fourth-order valence-corrected chi connectivity index (χ4v) is 3.57. The van der Waals surface area contributed by atoms with Crippen molar-refractivity contribution in [3.05, 3.63) is 23.2 Å². The third-order valence-electron chi connectivity index (χ3n) is 4.89. The van der Waals surface area contributed by atoms with E-state index >= 15 is 0 Å². The molecule has 0 bridgehead atoms. The average Bonchev–Trinajstić information content (AvgIpc) is 3.13. The van der Waals surface area contributed by atoms with Crippen molar-refractivity contribution < 1.29 is 9.63 Å². The van der Waals surface area contributed by atoms with Gasteiger partial charge in [0.1, 0.15) is 0 Å². The summed E-state index contributed by atoms with van der Waals surface area (Å²) in [6.45, 7) is 0.749. The molecule has 2 aliphatic rings. The fourth-order valence-electron chi connectivity index (χ4n) is 3.41. The first-order chi connectivity index (χ1) is 11.2. The van der Waals surface area contributed by atoms with E-state index in [1.807, 2.05) is 4.68 Å². The first-order valence-corrected chi connectivity index (χ1v) is 8.51. The summed E-state index contributed by atoms with van der Waals surface area (Å²) in [5, 5.41) is 22.3. The van der Waals surface area contributed by atoms with Crippen molar-refractivity contribution in [1.29, 1.82) is 0 Å². The Kier molecular flexibility index (Phi) is 3.98. The van der Waals surface area contributed by atoms with E-state index in [-0.39, 0.29) is 6.04 Å². The summed E-state index contributed by atoms with van der Waals surface area (Å²) in [7, 11) is 0. The molecule has 4 rings (SSSR count). The van der Waals surface area contributed by atoms with Gasteiger partial charge in [0.15, 0.2) is 5.82 Å². The maximum Gasteiger partial charge on any atom is 0.321 e. The molecule has 2 fully saturated rings. The maximum absolute atomic E-state index is 10.3. The predicted molar refractivity (Wildman–Crippen MR) is 84.3 cm³/mol. The van der Waals surface area contributed by atoms with E-state index in [1.165, 1.54) is 6.42 Å². The third kappa shape index (κ3) is 3.21. The molecule has 2 heterocycles. The molecule has 0 radical (unpaired) electrons. The number of aromatic nitrogens is 4. The molecule has 2 aromatic rings. The van der Waals surface area contributed by atoms with Crippen LogP contribution in [-0.4, -0.2) is 37.2 Å². The molecule has 3 atom stereocenters. The van der Waals surface area contributed by atoms with Crippen LogP contribution in [0.1, 0.15) is 43.8 Å². The molecular weight excluding hydrogens is 318 g/mol. The molecule has 0 spiro atoms. The van der Waals surface area contributed by atoms with E-state index in [9.17, 15) is 5.11 Å². The van der Waals surface area contributed by atoms with Crippen LogP contribution in [0.25, 0.3) is 0 Å². The van der Waals surface area contributed by atoms with Gasteiger partial charge in [-0.2, -0.15) is 10.1 Å². The smallest absolute Gasteiger partial charge is 0.321 e. The van der Waals surface area contributed by atoms with Crippen molar-refractivity contribution in [3.63, 3.8) is 0 Å². The molecule has 2 aromatic heterocycles. The number of aliphatic hydroxyl groups is 1. The number of rotatable bonds is 5. The van der Waals surface area contributed by atoms with E-state index in [2.05, 4.69) is 20.6 Å². The second kappa shape index (κ2) is 6.13. The number of hydrogen-bond acceptors (Lipinski definition) is 6. The summed E-state index contributed by atoms with van der Waals surface area (Å²) in [4.78, 5) is 4.41. The summed E-state index contributed by atoms with van der Waals surface area (Å²) < 4.78 is 7.09. The van der Waals surface area contributed by atoms with Crippen LogP contribution >= 0.6 is 11.6 Å². The molecule has 7 nitrogen and oxygen atoms in total. The largest absolute Gasteiger partial charge is 0.391 e. The van der Waals surface area contributed by atoms with Gasteiger partial charge in [-0.15, -0.1) is 0 Å². The minimum absolute atomic E-state index is 0.0688. The Hall–Kier alpha value is -1.60. The average molecular weight is 338 g/mol. The minimum Gasteiger partial charge on any atom is -0.391 e. The van der Waals surface area contributed by atoms with Gasteiger partial charge in [0.05, 0.1) is 23.4 Å². The highest BCUT2D eigenvalue weighted by Gasteiger charge is 2.34. The van der Waals surface area contributed by atoms with E-state index in [1.54, 1.807) is 12.4 Å². The molecule has 0 aliphatic heterocycles. The van der Waals surface area contributed by atoms with Crippen molar-refractivity contribution in [2.24, 2.45) is 5.92 Å². The first kappa shape index (κ1) is 15.0. The van der Waals surface area contributed by atoms with Gasteiger partial charge in [-0.1, -0.05) is 23.2 Å². The number of anilines is 1. The van der Waals surface area contributed by atoms with Crippen molar-refractivity contribution in [2.45, 2.75) is 56.7 Å². The molecule has 0 aromatic carbocycles. The van der Waals surface area contributed by atoms with Crippen LogP contribution in [0.3, 0.4) is 0 Å².